The number of ether oxygens (including phenoxy) is 2. The van der Waals surface area contributed by atoms with Crippen LogP contribution in [0.1, 0.15) is 42.1 Å². The van der Waals surface area contributed by atoms with Crippen LogP contribution in [-0.4, -0.2) is 43.7 Å². The van der Waals surface area contributed by atoms with Crippen molar-refractivity contribution < 1.29 is 14.3 Å². The van der Waals surface area contributed by atoms with Crippen LogP contribution in [0.3, 0.4) is 0 Å². The molecule has 5 rings (SSSR count). The molecule has 1 fully saturated rings. The van der Waals surface area contributed by atoms with E-state index in [1.54, 1.807) is 0 Å². The smallest absolute Gasteiger partial charge is 0.190 e. The van der Waals surface area contributed by atoms with Crippen LogP contribution in [0.4, 0.5) is 16.5 Å². The normalized spacial score (nSPS) is 22.8. The molecule has 3 aliphatic rings. The number of aromatic nitrogens is 1. The Morgan fingerprint density at radius 1 is 1.31 bits per heavy atom. The molecule has 7 heteroatoms. The molecule has 1 aromatic carbocycles. The van der Waals surface area contributed by atoms with Crippen LogP contribution in [0.2, 0.25) is 0 Å². The van der Waals surface area contributed by atoms with E-state index < -0.39 is 0 Å². The molecule has 0 amide bonds. The number of anilines is 3. The quantitative estimate of drug-likeness (QED) is 0.807. The Bertz CT molecular complexity index is 933. The lowest BCUT2D eigenvalue weighted by molar-refractivity contribution is 0.0916. The van der Waals surface area contributed by atoms with Gasteiger partial charge in [-0.05, 0) is 36.5 Å². The highest BCUT2D eigenvalue weighted by molar-refractivity contribution is 7.17. The van der Waals surface area contributed by atoms with Gasteiger partial charge in [-0.3, -0.25) is 4.79 Å². The second-order valence-corrected chi connectivity index (χ2v) is 9.98. The molecule has 154 valence electrons. The van der Waals surface area contributed by atoms with Gasteiger partial charge in [-0.2, -0.15) is 0 Å². The van der Waals surface area contributed by atoms with Crippen molar-refractivity contribution in [3.63, 3.8) is 0 Å². The van der Waals surface area contributed by atoms with E-state index in [4.69, 9.17) is 14.5 Å². The number of ketones is 1. The maximum Gasteiger partial charge on any atom is 0.190 e. The molecule has 1 N–H and O–H groups in total. The first-order valence-electron chi connectivity index (χ1n) is 10.4. The lowest BCUT2D eigenvalue weighted by Crippen LogP contribution is -2.28. The minimum absolute atomic E-state index is 0.0145. The summed E-state index contributed by atoms with van der Waals surface area (Å²) in [4.78, 5) is 20.5. The first-order valence-corrected chi connectivity index (χ1v) is 11.2. The van der Waals surface area contributed by atoms with Crippen LogP contribution >= 0.6 is 11.3 Å². The fourth-order valence-electron chi connectivity index (χ4n) is 4.36. The number of carbonyl (C=O) groups is 1. The lowest BCUT2D eigenvalue weighted by atomic mass is 9.78. The van der Waals surface area contributed by atoms with Crippen molar-refractivity contribution in [3.8, 4) is 5.75 Å². The maximum absolute atomic E-state index is 12.6. The molecule has 0 bridgehead atoms. The molecular formula is C22H27N3O3S. The molecular weight excluding hydrogens is 386 g/mol. The number of rotatable bonds is 4. The molecule has 1 unspecified atom stereocenters. The largest absolute Gasteiger partial charge is 0.490 e. The summed E-state index contributed by atoms with van der Waals surface area (Å²) >= 11 is 1.53. The second kappa shape index (κ2) is 7.29. The minimum Gasteiger partial charge on any atom is -0.490 e. The van der Waals surface area contributed by atoms with Crippen LogP contribution in [0, 0.1) is 11.3 Å². The zero-order chi connectivity index (χ0) is 20.0. The topological polar surface area (TPSA) is 63.7 Å². The monoisotopic (exact) mass is 413 g/mol. The number of hydrogen-bond donors (Lipinski definition) is 1. The van der Waals surface area contributed by atoms with Gasteiger partial charge in [-0.1, -0.05) is 25.2 Å². The number of carbonyl (C=O) groups excluding carboxylic acids is 1. The summed E-state index contributed by atoms with van der Waals surface area (Å²) in [7, 11) is 0. The average Bonchev–Trinajstić information content (AvgIpc) is 3.34. The van der Waals surface area contributed by atoms with Gasteiger partial charge in [-0.25, -0.2) is 4.98 Å². The molecule has 2 aliphatic heterocycles. The SMILES string of the molecule is CC1(C)CC(=O)c2sc(N3CCOc4ccc(NCC5CCOC5)cc43)nc2C1. The fourth-order valence-corrected chi connectivity index (χ4v) is 5.42. The van der Waals surface area contributed by atoms with Gasteiger partial charge in [0.15, 0.2) is 10.9 Å². The highest BCUT2D eigenvalue weighted by Gasteiger charge is 2.35. The van der Waals surface area contributed by atoms with Gasteiger partial charge in [-0.15, -0.1) is 0 Å². The second-order valence-electron chi connectivity index (χ2n) is 9.01. The molecule has 1 atom stereocenters. The molecule has 3 heterocycles. The predicted molar refractivity (Wildman–Crippen MR) is 115 cm³/mol. The van der Waals surface area contributed by atoms with Gasteiger partial charge in [0.05, 0.1) is 29.4 Å². The molecule has 6 nitrogen and oxygen atoms in total. The Balaban J connectivity index is 1.41. The summed E-state index contributed by atoms with van der Waals surface area (Å²) in [6.07, 6.45) is 2.56. The number of fused-ring (bicyclic) bond motifs is 2. The van der Waals surface area contributed by atoms with Gasteiger partial charge >= 0.3 is 0 Å². The van der Waals surface area contributed by atoms with Crippen molar-refractivity contribution in [2.75, 3.05) is 43.1 Å². The first kappa shape index (κ1) is 18.9. The van der Waals surface area contributed by atoms with Gasteiger partial charge in [0.2, 0.25) is 0 Å². The third-order valence-corrected chi connectivity index (χ3v) is 7.06. The molecule has 1 saturated heterocycles. The summed E-state index contributed by atoms with van der Waals surface area (Å²) < 4.78 is 11.4. The van der Waals surface area contributed by atoms with E-state index in [-0.39, 0.29) is 11.2 Å². The minimum atomic E-state index is -0.0145. The van der Waals surface area contributed by atoms with Crippen molar-refractivity contribution in [1.82, 2.24) is 4.98 Å². The third-order valence-electron chi connectivity index (χ3n) is 5.90. The van der Waals surface area contributed by atoms with Gasteiger partial charge < -0.3 is 19.7 Å². The van der Waals surface area contributed by atoms with E-state index >= 15 is 0 Å². The zero-order valence-electron chi connectivity index (χ0n) is 17.0. The number of thiazole rings is 1. The van der Waals surface area contributed by atoms with Crippen molar-refractivity contribution >= 4 is 33.6 Å². The molecule has 0 spiro atoms. The summed E-state index contributed by atoms with van der Waals surface area (Å²) in [5, 5.41) is 4.44. The number of hydrogen-bond acceptors (Lipinski definition) is 7. The summed E-state index contributed by atoms with van der Waals surface area (Å²) in [6, 6.07) is 6.23. The van der Waals surface area contributed by atoms with E-state index in [0.29, 0.717) is 18.9 Å². The molecule has 0 radical (unpaired) electrons. The van der Waals surface area contributed by atoms with Crippen LogP contribution in [0.25, 0.3) is 0 Å². The number of nitrogens with one attached hydrogen (secondary N) is 1. The van der Waals surface area contributed by atoms with Crippen molar-refractivity contribution in [3.05, 3.63) is 28.8 Å². The van der Waals surface area contributed by atoms with E-state index in [9.17, 15) is 4.79 Å². The van der Waals surface area contributed by atoms with Crippen LogP contribution in [0.15, 0.2) is 18.2 Å². The third kappa shape index (κ3) is 3.73. The molecule has 2 aromatic rings. The van der Waals surface area contributed by atoms with Crippen molar-refractivity contribution in [1.29, 1.82) is 0 Å². The Labute approximate surface area is 175 Å². The molecule has 1 aromatic heterocycles. The molecule has 1 aliphatic carbocycles. The maximum atomic E-state index is 12.6. The zero-order valence-corrected chi connectivity index (χ0v) is 17.8. The summed E-state index contributed by atoms with van der Waals surface area (Å²) in [6.45, 7) is 8.24. The van der Waals surface area contributed by atoms with Crippen LogP contribution < -0.4 is 15.0 Å². The van der Waals surface area contributed by atoms with Crippen LogP contribution in [-0.2, 0) is 11.2 Å². The lowest BCUT2D eigenvalue weighted by Gasteiger charge is -2.29. The van der Waals surface area contributed by atoms with E-state index in [0.717, 1.165) is 72.0 Å². The molecule has 29 heavy (non-hydrogen) atoms. The number of Topliss-reactive ketones (excluding diaryl/α,β-unsaturated/α-hetero) is 1. The molecule has 0 saturated carbocycles. The summed E-state index contributed by atoms with van der Waals surface area (Å²) in [5.41, 5.74) is 3.03. The average molecular weight is 414 g/mol. The van der Waals surface area contributed by atoms with Crippen molar-refractivity contribution in [2.45, 2.75) is 33.1 Å². The highest BCUT2D eigenvalue weighted by Crippen LogP contribution is 2.44. The van der Waals surface area contributed by atoms with Crippen molar-refractivity contribution in [2.24, 2.45) is 11.3 Å². The Morgan fingerprint density at radius 2 is 2.21 bits per heavy atom. The fraction of sp³-hybridized carbons (Fsp3) is 0.545. The standard InChI is InChI=1S/C22H27N3O3S/c1-22(2)10-16-20(18(26)11-22)29-21(24-16)25-6-8-28-19-4-3-15(9-17(19)25)23-12-14-5-7-27-13-14/h3-4,9,14,23H,5-8,10-13H2,1-2H3. The number of nitrogens with zero attached hydrogens (tertiary/aromatic N) is 2. The van der Waals surface area contributed by atoms with E-state index in [1.165, 1.54) is 11.3 Å². The van der Waals surface area contributed by atoms with Crippen LogP contribution in [0.5, 0.6) is 5.75 Å². The number of benzene rings is 1. The van der Waals surface area contributed by atoms with E-state index in [1.807, 2.05) is 6.07 Å². The van der Waals surface area contributed by atoms with E-state index in [2.05, 4.69) is 36.2 Å². The van der Waals surface area contributed by atoms with Gasteiger partial charge in [0.1, 0.15) is 12.4 Å². The van der Waals surface area contributed by atoms with Gasteiger partial charge in [0.25, 0.3) is 0 Å². The Kier molecular flexibility index (Phi) is 4.75. The summed E-state index contributed by atoms with van der Waals surface area (Å²) in [5.74, 6) is 1.66. The van der Waals surface area contributed by atoms with Gasteiger partial charge in [0, 0.05) is 31.2 Å². The Morgan fingerprint density at radius 3 is 3.03 bits per heavy atom. The highest BCUT2D eigenvalue weighted by atomic mass is 32.1. The first-order chi connectivity index (χ1) is 14.0. The Hall–Kier alpha value is -2.12. The predicted octanol–water partition coefficient (Wildman–Crippen LogP) is 4.28.